The van der Waals surface area contributed by atoms with Gasteiger partial charge in [0.05, 0.1) is 6.61 Å². The van der Waals surface area contributed by atoms with Gasteiger partial charge in [0.15, 0.2) is 0 Å². The van der Waals surface area contributed by atoms with Crippen molar-refractivity contribution in [1.29, 1.82) is 0 Å². The van der Waals surface area contributed by atoms with Crippen molar-refractivity contribution in [2.24, 2.45) is 0 Å². The predicted octanol–water partition coefficient (Wildman–Crippen LogP) is 2.19. The van der Waals surface area contributed by atoms with Crippen molar-refractivity contribution in [3.63, 3.8) is 0 Å². The average Bonchev–Trinajstić information content (AvgIpc) is 2.18. The first-order valence-corrected chi connectivity index (χ1v) is 4.92. The Balaban J connectivity index is 2.90. The molecule has 0 spiro atoms. The second-order valence-electron chi connectivity index (χ2n) is 2.53. The van der Waals surface area contributed by atoms with Crippen LogP contribution in [0.1, 0.15) is 17.3 Å². The van der Waals surface area contributed by atoms with Crippen LogP contribution in [-0.4, -0.2) is 18.4 Å². The normalized spacial score (nSPS) is 9.57. The van der Waals surface area contributed by atoms with Crippen molar-refractivity contribution in [3.05, 3.63) is 34.3 Å². The molecule has 0 unspecified atom stereocenters. The summed E-state index contributed by atoms with van der Waals surface area (Å²) in [5.74, 6) is -1.45. The van der Waals surface area contributed by atoms with E-state index in [0.717, 1.165) is 0 Å². The van der Waals surface area contributed by atoms with Crippen molar-refractivity contribution in [3.8, 4) is 0 Å². The first-order chi connectivity index (χ1) is 6.66. The maximum Gasteiger partial charge on any atom is 0.379 e. The van der Waals surface area contributed by atoms with E-state index in [-0.39, 0.29) is 6.61 Å². The molecule has 0 aliphatic rings. The number of hydrogen-bond acceptors (Lipinski definition) is 3. The number of hydrogen-bond donors (Lipinski definition) is 0. The molecular formula is C10H9BrO3. The van der Waals surface area contributed by atoms with Crippen LogP contribution >= 0.6 is 15.9 Å². The SMILES string of the molecule is CCOC(=O)C(=O)c1ccccc1Br. The van der Waals surface area contributed by atoms with Crippen molar-refractivity contribution >= 4 is 27.7 Å². The number of Topliss-reactive ketones (excluding diaryl/α,β-unsaturated/α-hetero) is 1. The third-order valence-electron chi connectivity index (χ3n) is 1.58. The number of carbonyl (C=O) groups excluding carboxylic acids is 2. The van der Waals surface area contributed by atoms with Gasteiger partial charge in [-0.25, -0.2) is 4.79 Å². The van der Waals surface area contributed by atoms with Crippen LogP contribution in [0.3, 0.4) is 0 Å². The summed E-state index contributed by atoms with van der Waals surface area (Å²) in [5, 5.41) is 0. The lowest BCUT2D eigenvalue weighted by molar-refractivity contribution is -0.137. The Bertz CT molecular complexity index is 360. The van der Waals surface area contributed by atoms with E-state index < -0.39 is 11.8 Å². The molecule has 0 N–H and O–H groups in total. The molecule has 0 radical (unpaired) electrons. The minimum absolute atomic E-state index is 0.203. The molecule has 0 fully saturated rings. The zero-order chi connectivity index (χ0) is 10.6. The first kappa shape index (κ1) is 10.9. The minimum Gasteiger partial charge on any atom is -0.460 e. The van der Waals surface area contributed by atoms with Crippen LogP contribution in [0.4, 0.5) is 0 Å². The van der Waals surface area contributed by atoms with Gasteiger partial charge in [-0.3, -0.25) is 4.79 Å². The number of rotatable bonds is 3. The fourth-order valence-electron chi connectivity index (χ4n) is 0.952. The maximum absolute atomic E-state index is 11.5. The Morgan fingerprint density at radius 1 is 1.36 bits per heavy atom. The van der Waals surface area contributed by atoms with Gasteiger partial charge in [-0.15, -0.1) is 0 Å². The molecule has 1 aromatic carbocycles. The van der Waals surface area contributed by atoms with E-state index in [1.807, 2.05) is 0 Å². The largest absolute Gasteiger partial charge is 0.460 e. The van der Waals surface area contributed by atoms with E-state index in [2.05, 4.69) is 20.7 Å². The Kier molecular flexibility index (Phi) is 3.83. The van der Waals surface area contributed by atoms with Crippen molar-refractivity contribution in [1.82, 2.24) is 0 Å². The van der Waals surface area contributed by atoms with Gasteiger partial charge in [0.25, 0.3) is 5.78 Å². The molecule has 3 nitrogen and oxygen atoms in total. The Morgan fingerprint density at radius 2 is 2.00 bits per heavy atom. The molecule has 0 saturated heterocycles. The van der Waals surface area contributed by atoms with Crippen LogP contribution in [0.2, 0.25) is 0 Å². The molecule has 0 atom stereocenters. The summed E-state index contributed by atoms with van der Waals surface area (Å²) in [4.78, 5) is 22.6. The summed E-state index contributed by atoms with van der Waals surface area (Å²) >= 11 is 3.19. The van der Waals surface area contributed by atoms with Crippen molar-refractivity contribution < 1.29 is 14.3 Å². The van der Waals surface area contributed by atoms with Crippen LogP contribution in [-0.2, 0) is 9.53 Å². The minimum atomic E-state index is -0.820. The quantitative estimate of drug-likeness (QED) is 0.473. The van der Waals surface area contributed by atoms with Gasteiger partial charge in [-0.1, -0.05) is 28.1 Å². The van der Waals surface area contributed by atoms with Gasteiger partial charge in [0.2, 0.25) is 0 Å². The fourth-order valence-corrected chi connectivity index (χ4v) is 1.42. The maximum atomic E-state index is 11.5. The Labute approximate surface area is 90.2 Å². The third-order valence-corrected chi connectivity index (χ3v) is 2.27. The van der Waals surface area contributed by atoms with E-state index in [4.69, 9.17) is 0 Å². The molecule has 0 aromatic heterocycles. The Morgan fingerprint density at radius 3 is 2.57 bits per heavy atom. The van der Waals surface area contributed by atoms with Crippen LogP contribution in [0.15, 0.2) is 28.7 Å². The average molecular weight is 257 g/mol. The summed E-state index contributed by atoms with van der Waals surface area (Å²) in [6, 6.07) is 6.74. The first-order valence-electron chi connectivity index (χ1n) is 4.12. The van der Waals surface area contributed by atoms with E-state index in [1.165, 1.54) is 0 Å². The van der Waals surface area contributed by atoms with E-state index in [0.29, 0.717) is 10.0 Å². The molecule has 74 valence electrons. The lowest BCUT2D eigenvalue weighted by Crippen LogP contribution is -2.17. The molecule has 1 aromatic rings. The summed E-state index contributed by atoms with van der Waals surface area (Å²) in [5.41, 5.74) is 0.325. The highest BCUT2D eigenvalue weighted by Crippen LogP contribution is 2.16. The Hall–Kier alpha value is -1.16. The third kappa shape index (κ3) is 2.42. The summed E-state index contributed by atoms with van der Waals surface area (Å²) in [6.07, 6.45) is 0. The molecule has 1 rings (SSSR count). The van der Waals surface area contributed by atoms with Gasteiger partial charge in [0.1, 0.15) is 0 Å². The lowest BCUT2D eigenvalue weighted by atomic mass is 10.1. The zero-order valence-electron chi connectivity index (χ0n) is 7.62. The highest BCUT2D eigenvalue weighted by Gasteiger charge is 2.19. The van der Waals surface area contributed by atoms with Gasteiger partial charge >= 0.3 is 5.97 Å². The molecule has 0 bridgehead atoms. The van der Waals surface area contributed by atoms with E-state index in [9.17, 15) is 9.59 Å². The van der Waals surface area contributed by atoms with Gasteiger partial charge in [-0.2, -0.15) is 0 Å². The molecule has 14 heavy (non-hydrogen) atoms. The molecular weight excluding hydrogens is 248 g/mol. The van der Waals surface area contributed by atoms with Crippen LogP contribution in [0.5, 0.6) is 0 Å². The standard InChI is InChI=1S/C10H9BrO3/c1-2-14-10(13)9(12)7-5-3-4-6-8(7)11/h3-6H,2H2,1H3. The summed E-state index contributed by atoms with van der Waals surface area (Å²) < 4.78 is 5.20. The fraction of sp³-hybridized carbons (Fsp3) is 0.200. The molecule has 0 heterocycles. The van der Waals surface area contributed by atoms with Crippen molar-refractivity contribution in [2.45, 2.75) is 6.92 Å². The topological polar surface area (TPSA) is 43.4 Å². The molecule has 0 amide bonds. The molecule has 0 aliphatic heterocycles. The summed E-state index contributed by atoms with van der Waals surface area (Å²) in [6.45, 7) is 1.86. The van der Waals surface area contributed by atoms with Gasteiger partial charge in [0, 0.05) is 10.0 Å². The number of benzene rings is 1. The number of carbonyl (C=O) groups is 2. The van der Waals surface area contributed by atoms with Gasteiger partial charge < -0.3 is 4.74 Å². The molecule has 0 aliphatic carbocycles. The summed E-state index contributed by atoms with van der Waals surface area (Å²) in [7, 11) is 0. The number of ketones is 1. The lowest BCUT2D eigenvalue weighted by Gasteiger charge is -2.02. The zero-order valence-corrected chi connectivity index (χ0v) is 9.21. The number of halogens is 1. The van der Waals surface area contributed by atoms with Crippen LogP contribution in [0, 0.1) is 0 Å². The molecule has 0 saturated carbocycles. The van der Waals surface area contributed by atoms with E-state index in [1.54, 1.807) is 31.2 Å². The second kappa shape index (κ2) is 4.91. The highest BCUT2D eigenvalue weighted by atomic mass is 79.9. The highest BCUT2D eigenvalue weighted by molar-refractivity contribution is 9.10. The van der Waals surface area contributed by atoms with Crippen LogP contribution < -0.4 is 0 Å². The smallest absolute Gasteiger partial charge is 0.379 e. The molecule has 4 heteroatoms. The second-order valence-corrected chi connectivity index (χ2v) is 3.38. The van der Waals surface area contributed by atoms with Gasteiger partial charge in [-0.05, 0) is 19.1 Å². The predicted molar refractivity (Wildman–Crippen MR) is 55.1 cm³/mol. The van der Waals surface area contributed by atoms with E-state index >= 15 is 0 Å². The number of esters is 1. The number of ether oxygens (including phenoxy) is 1. The van der Waals surface area contributed by atoms with Crippen LogP contribution in [0.25, 0.3) is 0 Å². The van der Waals surface area contributed by atoms with Crippen molar-refractivity contribution in [2.75, 3.05) is 6.61 Å². The monoisotopic (exact) mass is 256 g/mol.